The lowest BCUT2D eigenvalue weighted by atomic mass is 10.2. The molecule has 4 aromatic rings. The van der Waals surface area contributed by atoms with Crippen LogP contribution in [0.25, 0.3) is 22.2 Å². The highest BCUT2D eigenvalue weighted by atomic mass is 16.5. The maximum absolute atomic E-state index is 12.8. The van der Waals surface area contributed by atoms with Gasteiger partial charge in [-0.25, -0.2) is 14.8 Å². The van der Waals surface area contributed by atoms with Gasteiger partial charge in [0, 0.05) is 0 Å². The summed E-state index contributed by atoms with van der Waals surface area (Å²) >= 11 is 0. The molecule has 27 heavy (non-hydrogen) atoms. The number of fused-ring (bicyclic) bond motifs is 2. The fourth-order valence-electron chi connectivity index (χ4n) is 2.96. The number of anilines is 1. The Kier molecular flexibility index (Phi) is 4.27. The predicted molar refractivity (Wildman–Crippen MR) is 102 cm³/mol. The fraction of sp³-hybridized carbons (Fsp3) is 0.250. The summed E-state index contributed by atoms with van der Waals surface area (Å²) in [6.45, 7) is 4.14. The van der Waals surface area contributed by atoms with Gasteiger partial charge in [-0.05, 0) is 37.6 Å². The molecule has 1 aromatic carbocycles. The number of furan rings is 1. The summed E-state index contributed by atoms with van der Waals surface area (Å²) in [6.07, 6.45) is 2.09. The monoisotopic (exact) mass is 364 g/mol. The van der Waals surface area contributed by atoms with Gasteiger partial charge in [-0.1, -0.05) is 19.1 Å². The predicted octanol–water partition coefficient (Wildman–Crippen LogP) is 3.76. The lowest BCUT2D eigenvalue weighted by molar-refractivity contribution is 0.0338. The second kappa shape index (κ2) is 6.75. The van der Waals surface area contributed by atoms with Gasteiger partial charge in [-0.2, -0.15) is 0 Å². The Morgan fingerprint density at radius 2 is 1.96 bits per heavy atom. The Balaban J connectivity index is 1.93. The van der Waals surface area contributed by atoms with Gasteiger partial charge in [0.15, 0.2) is 5.65 Å². The number of hydrogen-bond donors (Lipinski definition) is 1. The Morgan fingerprint density at radius 3 is 2.63 bits per heavy atom. The van der Waals surface area contributed by atoms with Crippen LogP contribution in [-0.4, -0.2) is 26.6 Å². The maximum Gasteiger partial charge on any atom is 0.344 e. The fourth-order valence-corrected chi connectivity index (χ4v) is 2.96. The summed E-state index contributed by atoms with van der Waals surface area (Å²) in [5.74, 6) is 0.482. The number of nitrogen functional groups attached to an aromatic ring is 1. The number of esters is 1. The minimum absolute atomic E-state index is 0.214. The summed E-state index contributed by atoms with van der Waals surface area (Å²) in [7, 11) is 0. The normalized spacial score (nSPS) is 12.5. The maximum atomic E-state index is 12.8. The van der Waals surface area contributed by atoms with Crippen molar-refractivity contribution in [3.8, 4) is 0 Å². The highest BCUT2D eigenvalue weighted by Crippen LogP contribution is 2.29. The van der Waals surface area contributed by atoms with E-state index in [1.807, 2.05) is 44.2 Å². The molecule has 0 unspecified atom stereocenters. The zero-order chi connectivity index (χ0) is 19.0. The van der Waals surface area contributed by atoms with Crippen LogP contribution < -0.4 is 5.73 Å². The molecule has 0 bridgehead atoms. The number of rotatable bonds is 5. The van der Waals surface area contributed by atoms with Crippen molar-refractivity contribution in [2.75, 3.05) is 5.73 Å². The molecule has 0 fully saturated rings. The molecule has 3 heterocycles. The number of carbonyl (C=O) groups excluding carboxylic acids is 1. The summed E-state index contributed by atoms with van der Waals surface area (Å²) in [5, 5.41) is 0. The molecular weight excluding hydrogens is 344 g/mol. The summed E-state index contributed by atoms with van der Waals surface area (Å²) < 4.78 is 12.7. The van der Waals surface area contributed by atoms with Crippen LogP contribution in [-0.2, 0) is 11.3 Å². The van der Waals surface area contributed by atoms with Crippen molar-refractivity contribution in [3.63, 3.8) is 0 Å². The molecule has 0 saturated heterocycles. The molecule has 3 aromatic heterocycles. The summed E-state index contributed by atoms with van der Waals surface area (Å²) in [5.41, 5.74) is 8.98. The van der Waals surface area contributed by atoms with Gasteiger partial charge < -0.3 is 19.5 Å². The van der Waals surface area contributed by atoms with Crippen LogP contribution in [0.4, 0.5) is 5.82 Å². The van der Waals surface area contributed by atoms with E-state index in [0.29, 0.717) is 35.4 Å². The van der Waals surface area contributed by atoms with Crippen molar-refractivity contribution in [1.82, 2.24) is 14.5 Å². The molecule has 0 aliphatic carbocycles. The highest BCUT2D eigenvalue weighted by Gasteiger charge is 2.26. The molecule has 0 aliphatic heterocycles. The first-order valence-electron chi connectivity index (χ1n) is 8.86. The number of para-hydroxylation sites is 2. The number of carbonyl (C=O) groups is 1. The van der Waals surface area contributed by atoms with Gasteiger partial charge >= 0.3 is 5.97 Å². The average Bonchev–Trinajstić information content (AvgIpc) is 3.27. The molecule has 0 saturated carbocycles. The lowest BCUT2D eigenvalue weighted by Gasteiger charge is -2.10. The van der Waals surface area contributed by atoms with Crippen LogP contribution in [0.5, 0.6) is 0 Å². The highest BCUT2D eigenvalue weighted by molar-refractivity contribution is 6.08. The van der Waals surface area contributed by atoms with E-state index < -0.39 is 5.97 Å². The van der Waals surface area contributed by atoms with Crippen molar-refractivity contribution >= 4 is 34.0 Å². The van der Waals surface area contributed by atoms with Crippen LogP contribution in [0.2, 0.25) is 0 Å². The smallest absolute Gasteiger partial charge is 0.344 e. The average molecular weight is 364 g/mol. The molecule has 4 rings (SSSR count). The topological polar surface area (TPSA) is 96.2 Å². The number of aromatic nitrogens is 3. The zero-order valence-corrected chi connectivity index (χ0v) is 15.2. The molecule has 0 spiro atoms. The first kappa shape index (κ1) is 17.1. The van der Waals surface area contributed by atoms with E-state index >= 15 is 0 Å². The van der Waals surface area contributed by atoms with E-state index in [1.165, 1.54) is 0 Å². The lowest BCUT2D eigenvalue weighted by Crippen LogP contribution is -2.16. The third-order valence-electron chi connectivity index (χ3n) is 4.57. The summed E-state index contributed by atoms with van der Waals surface area (Å²) in [6, 6.07) is 11.1. The summed E-state index contributed by atoms with van der Waals surface area (Å²) in [4.78, 5) is 22.1. The number of hydrogen-bond acceptors (Lipinski definition) is 6. The van der Waals surface area contributed by atoms with Gasteiger partial charge in [-0.15, -0.1) is 0 Å². The van der Waals surface area contributed by atoms with Crippen LogP contribution in [0.15, 0.2) is 47.1 Å². The van der Waals surface area contributed by atoms with E-state index in [0.717, 1.165) is 5.52 Å². The van der Waals surface area contributed by atoms with Gasteiger partial charge in [0.2, 0.25) is 0 Å². The largest absolute Gasteiger partial charge is 0.467 e. The third kappa shape index (κ3) is 3.01. The molecular formula is C20H20N4O3. The molecule has 7 nitrogen and oxygen atoms in total. The Labute approximate surface area is 155 Å². The minimum Gasteiger partial charge on any atom is -0.467 e. The van der Waals surface area contributed by atoms with Gasteiger partial charge in [-0.3, -0.25) is 0 Å². The molecule has 138 valence electrons. The van der Waals surface area contributed by atoms with E-state index in [1.54, 1.807) is 16.9 Å². The van der Waals surface area contributed by atoms with Gasteiger partial charge in [0.1, 0.15) is 22.7 Å². The van der Waals surface area contributed by atoms with Gasteiger partial charge in [0.05, 0.1) is 29.9 Å². The van der Waals surface area contributed by atoms with Crippen molar-refractivity contribution < 1.29 is 13.9 Å². The SMILES string of the molecule is CC[C@@H](C)OC(=O)c1c(N)n(Cc2ccco2)c2nc3ccccc3nc12. The molecule has 1 atom stereocenters. The minimum atomic E-state index is -0.491. The van der Waals surface area contributed by atoms with Crippen molar-refractivity contribution in [1.29, 1.82) is 0 Å². The number of nitrogens with zero attached hydrogens (tertiary/aromatic N) is 3. The second-order valence-corrected chi connectivity index (χ2v) is 6.43. The first-order valence-corrected chi connectivity index (χ1v) is 8.86. The van der Waals surface area contributed by atoms with Crippen molar-refractivity contribution in [2.24, 2.45) is 0 Å². The standard InChI is InChI=1S/C20H20N4O3/c1-3-12(2)27-20(25)16-17-19(23-15-9-5-4-8-14(15)22-17)24(18(16)21)11-13-7-6-10-26-13/h4-10,12H,3,11,21H2,1-2H3/t12-/m1/s1. The molecule has 0 aliphatic rings. The molecule has 0 amide bonds. The zero-order valence-electron chi connectivity index (χ0n) is 15.2. The van der Waals surface area contributed by atoms with E-state index in [4.69, 9.17) is 19.9 Å². The Bertz CT molecular complexity index is 1120. The number of ether oxygens (including phenoxy) is 1. The molecule has 2 N–H and O–H groups in total. The van der Waals surface area contributed by atoms with Crippen LogP contribution in [0.1, 0.15) is 36.4 Å². The number of nitrogens with two attached hydrogens (primary N) is 1. The Hall–Kier alpha value is -3.35. The number of benzene rings is 1. The van der Waals surface area contributed by atoms with Crippen molar-refractivity contribution in [2.45, 2.75) is 32.9 Å². The van der Waals surface area contributed by atoms with E-state index in [9.17, 15) is 4.79 Å². The third-order valence-corrected chi connectivity index (χ3v) is 4.57. The molecule has 0 radical (unpaired) electrons. The van der Waals surface area contributed by atoms with Crippen LogP contribution >= 0.6 is 0 Å². The van der Waals surface area contributed by atoms with E-state index in [-0.39, 0.29) is 17.5 Å². The van der Waals surface area contributed by atoms with Crippen LogP contribution in [0.3, 0.4) is 0 Å². The quantitative estimate of drug-likeness (QED) is 0.542. The van der Waals surface area contributed by atoms with Crippen LogP contribution in [0, 0.1) is 0 Å². The Morgan fingerprint density at radius 1 is 1.22 bits per heavy atom. The van der Waals surface area contributed by atoms with Gasteiger partial charge in [0.25, 0.3) is 0 Å². The van der Waals surface area contributed by atoms with E-state index in [2.05, 4.69) is 4.98 Å². The first-order chi connectivity index (χ1) is 13.1. The molecule has 7 heteroatoms. The second-order valence-electron chi connectivity index (χ2n) is 6.43. The van der Waals surface area contributed by atoms with Crippen molar-refractivity contribution in [3.05, 3.63) is 54.0 Å².